The molecule has 0 aromatic rings. The SMILES string of the molecule is CC(C)C1CCSC(=NCCC(=O)N2CCCC2)N1. The van der Waals surface area contributed by atoms with E-state index in [-0.39, 0.29) is 5.91 Å². The van der Waals surface area contributed by atoms with Gasteiger partial charge in [-0.05, 0) is 25.2 Å². The van der Waals surface area contributed by atoms with Crippen molar-refractivity contribution in [1.82, 2.24) is 10.2 Å². The Balaban J connectivity index is 1.73. The zero-order valence-corrected chi connectivity index (χ0v) is 12.8. The standard InChI is InChI=1S/C14H25N3OS/c1-11(2)12-6-10-19-14(16-12)15-7-5-13(18)17-8-3-4-9-17/h11-12H,3-10H2,1-2H3,(H,15,16). The Morgan fingerprint density at radius 1 is 1.47 bits per heavy atom. The van der Waals surface area contributed by atoms with Crippen LogP contribution >= 0.6 is 11.8 Å². The van der Waals surface area contributed by atoms with E-state index < -0.39 is 0 Å². The molecule has 0 aromatic heterocycles. The Morgan fingerprint density at radius 2 is 2.21 bits per heavy atom. The summed E-state index contributed by atoms with van der Waals surface area (Å²) < 4.78 is 0. The predicted molar refractivity (Wildman–Crippen MR) is 81.6 cm³/mol. The van der Waals surface area contributed by atoms with Gasteiger partial charge in [0.15, 0.2) is 5.17 Å². The summed E-state index contributed by atoms with van der Waals surface area (Å²) in [5, 5.41) is 4.51. The molecule has 0 aliphatic carbocycles. The van der Waals surface area contributed by atoms with Crippen LogP contribution in [-0.4, -0.2) is 47.4 Å². The van der Waals surface area contributed by atoms with E-state index in [1.807, 2.05) is 4.90 Å². The van der Waals surface area contributed by atoms with Gasteiger partial charge >= 0.3 is 0 Å². The van der Waals surface area contributed by atoms with Gasteiger partial charge in [-0.15, -0.1) is 0 Å². The number of amidine groups is 1. The highest BCUT2D eigenvalue weighted by atomic mass is 32.2. The van der Waals surface area contributed by atoms with Gasteiger partial charge in [0, 0.05) is 31.3 Å². The van der Waals surface area contributed by atoms with Crippen molar-refractivity contribution in [3.05, 3.63) is 0 Å². The molecule has 4 nitrogen and oxygen atoms in total. The summed E-state index contributed by atoms with van der Waals surface area (Å²) in [4.78, 5) is 18.4. The van der Waals surface area contributed by atoms with E-state index >= 15 is 0 Å². The molecule has 2 rings (SSSR count). The van der Waals surface area contributed by atoms with Gasteiger partial charge < -0.3 is 10.2 Å². The van der Waals surface area contributed by atoms with E-state index in [4.69, 9.17) is 0 Å². The summed E-state index contributed by atoms with van der Waals surface area (Å²) in [7, 11) is 0. The van der Waals surface area contributed by atoms with Crippen LogP contribution in [0.5, 0.6) is 0 Å². The maximum absolute atomic E-state index is 11.9. The monoisotopic (exact) mass is 283 g/mol. The third-order valence-corrected chi connectivity index (χ3v) is 4.78. The topological polar surface area (TPSA) is 44.7 Å². The fraction of sp³-hybridized carbons (Fsp3) is 0.857. The van der Waals surface area contributed by atoms with Crippen LogP contribution in [-0.2, 0) is 4.79 Å². The normalized spacial score (nSPS) is 25.9. The fourth-order valence-electron chi connectivity index (χ4n) is 2.52. The summed E-state index contributed by atoms with van der Waals surface area (Å²) in [5.41, 5.74) is 0. The molecule has 0 spiro atoms. The van der Waals surface area contributed by atoms with Crippen LogP contribution in [0.3, 0.4) is 0 Å². The van der Waals surface area contributed by atoms with E-state index in [0.717, 1.165) is 36.9 Å². The fourth-order valence-corrected chi connectivity index (χ4v) is 3.51. The van der Waals surface area contributed by atoms with E-state index in [9.17, 15) is 4.79 Å². The molecule has 19 heavy (non-hydrogen) atoms. The molecule has 2 fully saturated rings. The molecular weight excluding hydrogens is 258 g/mol. The number of carbonyl (C=O) groups excluding carboxylic acids is 1. The second-order valence-electron chi connectivity index (χ2n) is 5.66. The molecule has 2 saturated heterocycles. The average Bonchev–Trinajstić information content (AvgIpc) is 2.93. The van der Waals surface area contributed by atoms with Crippen LogP contribution in [0.15, 0.2) is 4.99 Å². The Morgan fingerprint density at radius 3 is 2.89 bits per heavy atom. The third kappa shape index (κ3) is 4.41. The maximum Gasteiger partial charge on any atom is 0.224 e. The lowest BCUT2D eigenvalue weighted by molar-refractivity contribution is -0.129. The van der Waals surface area contributed by atoms with Gasteiger partial charge in [-0.3, -0.25) is 9.79 Å². The van der Waals surface area contributed by atoms with Crippen molar-refractivity contribution in [2.75, 3.05) is 25.4 Å². The molecule has 1 unspecified atom stereocenters. The van der Waals surface area contributed by atoms with E-state index in [1.54, 1.807) is 11.8 Å². The molecular formula is C14H25N3OS. The average molecular weight is 283 g/mol. The number of thioether (sulfide) groups is 1. The lowest BCUT2D eigenvalue weighted by Crippen LogP contribution is -2.41. The summed E-state index contributed by atoms with van der Waals surface area (Å²) in [5.74, 6) is 2.04. The van der Waals surface area contributed by atoms with Gasteiger partial charge in [-0.1, -0.05) is 25.6 Å². The number of nitrogens with one attached hydrogen (secondary N) is 1. The number of likely N-dealkylation sites (tertiary alicyclic amines) is 1. The van der Waals surface area contributed by atoms with Crippen molar-refractivity contribution in [2.24, 2.45) is 10.9 Å². The van der Waals surface area contributed by atoms with Crippen molar-refractivity contribution in [1.29, 1.82) is 0 Å². The predicted octanol–water partition coefficient (Wildman–Crippen LogP) is 2.11. The molecule has 1 atom stereocenters. The van der Waals surface area contributed by atoms with Crippen molar-refractivity contribution in [3.63, 3.8) is 0 Å². The molecule has 2 heterocycles. The first-order valence-electron chi connectivity index (χ1n) is 7.38. The number of hydrogen-bond acceptors (Lipinski definition) is 3. The van der Waals surface area contributed by atoms with Crippen LogP contribution in [0, 0.1) is 5.92 Å². The number of aliphatic imine (C=N–C) groups is 1. The second kappa shape index (κ2) is 7.17. The summed E-state index contributed by atoms with van der Waals surface area (Å²) in [6.07, 6.45) is 4.08. The van der Waals surface area contributed by atoms with Gasteiger partial charge in [0.2, 0.25) is 5.91 Å². The second-order valence-corrected chi connectivity index (χ2v) is 6.74. The van der Waals surface area contributed by atoms with Crippen molar-refractivity contribution >= 4 is 22.8 Å². The van der Waals surface area contributed by atoms with Crippen LogP contribution in [0.2, 0.25) is 0 Å². The Hall–Kier alpha value is -0.710. The van der Waals surface area contributed by atoms with Gasteiger partial charge in [0.1, 0.15) is 0 Å². The van der Waals surface area contributed by atoms with Crippen LogP contribution in [0.4, 0.5) is 0 Å². The van der Waals surface area contributed by atoms with E-state index in [0.29, 0.717) is 24.9 Å². The molecule has 0 aromatic carbocycles. The lowest BCUT2D eigenvalue weighted by Gasteiger charge is -2.28. The molecule has 2 aliphatic rings. The quantitative estimate of drug-likeness (QED) is 0.859. The van der Waals surface area contributed by atoms with Crippen LogP contribution in [0.1, 0.15) is 39.5 Å². The number of carbonyl (C=O) groups is 1. The lowest BCUT2D eigenvalue weighted by atomic mass is 10.0. The number of hydrogen-bond donors (Lipinski definition) is 1. The van der Waals surface area contributed by atoms with Gasteiger partial charge in [-0.25, -0.2) is 0 Å². The third-order valence-electron chi connectivity index (χ3n) is 3.82. The smallest absolute Gasteiger partial charge is 0.224 e. The van der Waals surface area contributed by atoms with Gasteiger partial charge in [0.05, 0.1) is 6.54 Å². The molecule has 1 amide bonds. The molecule has 0 radical (unpaired) electrons. The highest BCUT2D eigenvalue weighted by Crippen LogP contribution is 2.18. The summed E-state index contributed by atoms with van der Waals surface area (Å²) in [6.45, 7) is 6.98. The highest BCUT2D eigenvalue weighted by Gasteiger charge is 2.20. The molecule has 5 heteroatoms. The first kappa shape index (κ1) is 14.7. The first-order valence-corrected chi connectivity index (χ1v) is 8.37. The minimum absolute atomic E-state index is 0.267. The minimum atomic E-state index is 0.267. The largest absolute Gasteiger partial charge is 0.362 e. The molecule has 0 saturated carbocycles. The minimum Gasteiger partial charge on any atom is -0.362 e. The number of amides is 1. The van der Waals surface area contributed by atoms with Gasteiger partial charge in [-0.2, -0.15) is 0 Å². The first-order chi connectivity index (χ1) is 9.16. The van der Waals surface area contributed by atoms with E-state index in [1.165, 1.54) is 6.42 Å². The van der Waals surface area contributed by atoms with E-state index in [2.05, 4.69) is 24.2 Å². The molecule has 2 aliphatic heterocycles. The maximum atomic E-state index is 11.9. The summed E-state index contributed by atoms with van der Waals surface area (Å²) in [6, 6.07) is 0.536. The Labute approximate surface area is 120 Å². The summed E-state index contributed by atoms with van der Waals surface area (Å²) >= 11 is 1.78. The van der Waals surface area contributed by atoms with Gasteiger partial charge in [0.25, 0.3) is 0 Å². The number of nitrogens with zero attached hydrogens (tertiary/aromatic N) is 2. The van der Waals surface area contributed by atoms with Crippen LogP contribution < -0.4 is 5.32 Å². The molecule has 1 N–H and O–H groups in total. The Bertz CT molecular complexity index is 338. The number of rotatable bonds is 4. The zero-order valence-electron chi connectivity index (χ0n) is 12.0. The molecule has 0 bridgehead atoms. The van der Waals surface area contributed by atoms with Crippen molar-refractivity contribution < 1.29 is 4.79 Å². The highest BCUT2D eigenvalue weighted by molar-refractivity contribution is 8.13. The molecule has 108 valence electrons. The van der Waals surface area contributed by atoms with Crippen LogP contribution in [0.25, 0.3) is 0 Å². The van der Waals surface area contributed by atoms with Crippen molar-refractivity contribution in [2.45, 2.75) is 45.6 Å². The van der Waals surface area contributed by atoms with Crippen molar-refractivity contribution in [3.8, 4) is 0 Å². The Kier molecular flexibility index (Phi) is 5.55. The zero-order chi connectivity index (χ0) is 13.7.